The summed E-state index contributed by atoms with van der Waals surface area (Å²) in [5.74, 6) is -0.681. The van der Waals surface area contributed by atoms with Crippen LogP contribution in [0.1, 0.15) is 37.5 Å². The van der Waals surface area contributed by atoms with Crippen molar-refractivity contribution in [2.45, 2.75) is 53.4 Å². The highest BCUT2D eigenvalue weighted by Gasteiger charge is 2.27. The van der Waals surface area contributed by atoms with Crippen molar-refractivity contribution < 1.29 is 14.0 Å². The summed E-state index contributed by atoms with van der Waals surface area (Å²) in [6.07, 6.45) is 0. The third kappa shape index (κ3) is 8.57. The Balaban J connectivity index is 0.00000308. The fraction of sp³-hybridized carbons (Fsp3) is 0.448. The zero-order chi connectivity index (χ0) is 28.8. The van der Waals surface area contributed by atoms with Gasteiger partial charge >= 0.3 is 5.76 Å². The first-order valence-electron chi connectivity index (χ1n) is 13.7. The van der Waals surface area contributed by atoms with Crippen molar-refractivity contribution in [2.24, 2.45) is 0 Å². The Hall–Kier alpha value is -3.38. The van der Waals surface area contributed by atoms with E-state index in [9.17, 15) is 14.4 Å². The van der Waals surface area contributed by atoms with E-state index in [0.29, 0.717) is 50.0 Å². The Morgan fingerprint density at radius 1 is 1.05 bits per heavy atom. The van der Waals surface area contributed by atoms with E-state index in [0.717, 1.165) is 5.56 Å². The molecule has 1 aliphatic heterocycles. The van der Waals surface area contributed by atoms with Crippen molar-refractivity contribution >= 4 is 42.3 Å². The summed E-state index contributed by atoms with van der Waals surface area (Å²) < 4.78 is 6.61. The average molecular weight is 623 g/mol. The van der Waals surface area contributed by atoms with Gasteiger partial charge in [-0.25, -0.2) is 9.80 Å². The van der Waals surface area contributed by atoms with E-state index in [1.807, 2.05) is 63.0 Å². The monoisotopic (exact) mass is 621 g/mol. The number of amides is 2. The first-order chi connectivity index (χ1) is 19.2. The SMILES string of the molecule is CCn1nc(-c2ccc(C)c(N(CC(=O)NCCNC(C)C)CC(=O)N(C)N3Cc4ccccc4C3)c2)oc1=O.Cl.Cl. The number of halogens is 2. The van der Waals surface area contributed by atoms with Crippen LogP contribution in [0, 0.1) is 6.92 Å². The van der Waals surface area contributed by atoms with Gasteiger partial charge in [-0.15, -0.1) is 29.9 Å². The van der Waals surface area contributed by atoms with E-state index in [1.165, 1.54) is 15.8 Å². The number of aromatic nitrogens is 2. The third-order valence-corrected chi connectivity index (χ3v) is 6.97. The molecule has 230 valence electrons. The highest BCUT2D eigenvalue weighted by Crippen LogP contribution is 2.28. The van der Waals surface area contributed by atoms with Crippen LogP contribution in [0.25, 0.3) is 11.5 Å². The zero-order valence-corrected chi connectivity index (χ0v) is 26.4. The maximum atomic E-state index is 13.6. The second-order valence-corrected chi connectivity index (χ2v) is 10.3. The summed E-state index contributed by atoms with van der Waals surface area (Å²) in [6, 6.07) is 14.0. The van der Waals surface area contributed by atoms with Crippen LogP contribution in [0.5, 0.6) is 0 Å². The van der Waals surface area contributed by atoms with Crippen molar-refractivity contribution in [3.63, 3.8) is 0 Å². The molecular formula is C29H41Cl2N7O4. The van der Waals surface area contributed by atoms with Gasteiger partial charge in [-0.05, 0) is 42.7 Å². The van der Waals surface area contributed by atoms with Crippen molar-refractivity contribution in [2.75, 3.05) is 38.1 Å². The molecule has 0 saturated carbocycles. The predicted octanol–water partition coefficient (Wildman–Crippen LogP) is 2.99. The molecule has 1 aliphatic rings. The number of carbonyl (C=O) groups excluding carboxylic acids is 2. The molecule has 0 spiro atoms. The second-order valence-electron chi connectivity index (χ2n) is 10.3. The molecule has 11 nitrogen and oxygen atoms in total. The van der Waals surface area contributed by atoms with Crippen molar-refractivity contribution in [1.29, 1.82) is 0 Å². The van der Waals surface area contributed by atoms with Crippen LogP contribution in [0.4, 0.5) is 5.69 Å². The summed E-state index contributed by atoms with van der Waals surface area (Å²) in [5.41, 5.74) is 4.55. The number of benzene rings is 2. The predicted molar refractivity (Wildman–Crippen MR) is 168 cm³/mol. The van der Waals surface area contributed by atoms with E-state index >= 15 is 0 Å². The Kier molecular flexibility index (Phi) is 13.0. The molecule has 13 heteroatoms. The molecule has 1 aromatic heterocycles. The van der Waals surface area contributed by atoms with Crippen molar-refractivity contribution in [3.05, 3.63) is 69.7 Å². The maximum absolute atomic E-state index is 13.6. The number of aryl methyl sites for hydroxylation is 2. The molecule has 0 unspecified atom stereocenters. The normalized spacial score (nSPS) is 12.3. The summed E-state index contributed by atoms with van der Waals surface area (Å²) in [6.45, 7) is 10.6. The molecule has 0 fully saturated rings. The molecule has 4 rings (SSSR count). The average Bonchev–Trinajstić information content (AvgIpc) is 3.53. The number of anilines is 1. The third-order valence-electron chi connectivity index (χ3n) is 6.97. The molecule has 2 aromatic carbocycles. The lowest BCUT2D eigenvalue weighted by Crippen LogP contribution is -2.48. The fourth-order valence-corrected chi connectivity index (χ4v) is 4.67. The molecule has 0 atom stereocenters. The molecule has 0 bridgehead atoms. The number of carbonyl (C=O) groups is 2. The number of likely N-dealkylation sites (N-methyl/N-ethyl adjacent to an activating group) is 1. The van der Waals surface area contributed by atoms with Crippen molar-refractivity contribution in [1.82, 2.24) is 30.4 Å². The van der Waals surface area contributed by atoms with Gasteiger partial charge in [0.05, 0.1) is 13.1 Å². The second kappa shape index (κ2) is 15.7. The van der Waals surface area contributed by atoms with Crippen LogP contribution in [-0.2, 0) is 29.2 Å². The molecule has 2 amide bonds. The Bertz CT molecular complexity index is 1380. The topological polar surface area (TPSA) is 116 Å². The van der Waals surface area contributed by atoms with Gasteiger partial charge in [-0.1, -0.05) is 44.2 Å². The fourth-order valence-electron chi connectivity index (χ4n) is 4.67. The summed E-state index contributed by atoms with van der Waals surface area (Å²) >= 11 is 0. The number of nitrogens with zero attached hydrogens (tertiary/aromatic N) is 5. The maximum Gasteiger partial charge on any atom is 0.437 e. The van der Waals surface area contributed by atoms with Crippen LogP contribution in [0.15, 0.2) is 51.7 Å². The number of rotatable bonds is 12. The molecule has 0 saturated heterocycles. The lowest BCUT2D eigenvalue weighted by atomic mass is 10.1. The van der Waals surface area contributed by atoms with Gasteiger partial charge in [0, 0.05) is 57.1 Å². The van der Waals surface area contributed by atoms with Crippen molar-refractivity contribution in [3.8, 4) is 11.5 Å². The number of hydrogen-bond acceptors (Lipinski definition) is 8. The van der Waals surface area contributed by atoms with Gasteiger partial charge < -0.3 is 20.0 Å². The van der Waals surface area contributed by atoms with Crippen LogP contribution in [0.3, 0.4) is 0 Å². The van der Waals surface area contributed by atoms with E-state index in [2.05, 4.69) is 27.9 Å². The number of fused-ring (bicyclic) bond motifs is 1. The van der Waals surface area contributed by atoms with Crippen LogP contribution in [-0.4, -0.2) is 70.9 Å². The molecule has 42 heavy (non-hydrogen) atoms. The molecule has 0 aliphatic carbocycles. The van der Waals surface area contributed by atoms with Gasteiger partial charge in [-0.2, -0.15) is 4.68 Å². The zero-order valence-electron chi connectivity index (χ0n) is 24.8. The van der Waals surface area contributed by atoms with Gasteiger partial charge in [0.15, 0.2) is 0 Å². The van der Waals surface area contributed by atoms with E-state index in [4.69, 9.17) is 4.42 Å². The Morgan fingerprint density at radius 2 is 1.71 bits per heavy atom. The standard InChI is InChI=1S/C29H39N7O4.2ClH/c1-6-36-29(39)40-28(32-36)22-12-11-21(4)25(15-22)34(18-26(37)31-14-13-30-20(2)3)19-27(38)33(5)35-16-23-9-7-8-10-24(23)17-35;;/h7-12,15,20,30H,6,13-14,16-19H2,1-5H3,(H,31,37);2*1H. The largest absolute Gasteiger partial charge is 0.437 e. The highest BCUT2D eigenvalue weighted by atomic mass is 35.5. The Labute approximate surface area is 259 Å². The van der Waals surface area contributed by atoms with E-state index in [-0.39, 0.29) is 55.6 Å². The summed E-state index contributed by atoms with van der Waals surface area (Å²) in [4.78, 5) is 40.4. The number of hydrazine groups is 1. The molecule has 2 heterocycles. The lowest BCUT2D eigenvalue weighted by Gasteiger charge is -2.32. The molecule has 2 N–H and O–H groups in total. The van der Waals surface area contributed by atoms with Gasteiger partial charge in [0.2, 0.25) is 11.8 Å². The molecular weight excluding hydrogens is 581 g/mol. The van der Waals surface area contributed by atoms with Gasteiger partial charge in [0.25, 0.3) is 5.91 Å². The van der Waals surface area contributed by atoms with E-state index < -0.39 is 5.76 Å². The van der Waals surface area contributed by atoms with Crippen LogP contribution < -0.4 is 21.3 Å². The quantitative estimate of drug-likeness (QED) is 0.297. The minimum absolute atomic E-state index is 0. The Morgan fingerprint density at radius 3 is 2.31 bits per heavy atom. The number of hydrogen-bond donors (Lipinski definition) is 2. The lowest BCUT2D eigenvalue weighted by molar-refractivity contribution is -0.145. The molecule has 0 radical (unpaired) electrons. The van der Waals surface area contributed by atoms with Gasteiger partial charge in [-0.3, -0.25) is 14.6 Å². The minimum atomic E-state index is -0.533. The first kappa shape index (κ1) is 34.8. The van der Waals surface area contributed by atoms with E-state index in [1.54, 1.807) is 17.0 Å². The highest BCUT2D eigenvalue weighted by molar-refractivity contribution is 5.87. The number of nitrogens with one attached hydrogen (secondary N) is 2. The van der Waals surface area contributed by atoms with Crippen LogP contribution >= 0.6 is 24.8 Å². The summed E-state index contributed by atoms with van der Waals surface area (Å²) in [5, 5.41) is 14.1. The first-order valence-corrected chi connectivity index (χ1v) is 13.7. The molecule has 3 aromatic rings. The minimum Gasteiger partial charge on any atom is -0.388 e. The van der Waals surface area contributed by atoms with Crippen LogP contribution in [0.2, 0.25) is 0 Å². The smallest absolute Gasteiger partial charge is 0.388 e. The van der Waals surface area contributed by atoms with Gasteiger partial charge in [0.1, 0.15) is 0 Å². The summed E-state index contributed by atoms with van der Waals surface area (Å²) in [7, 11) is 1.76.